The van der Waals surface area contributed by atoms with Crippen LogP contribution in [0.25, 0.3) is 0 Å². The van der Waals surface area contributed by atoms with Crippen LogP contribution in [0.2, 0.25) is 0 Å². The fourth-order valence-electron chi connectivity index (χ4n) is 1.75. The topological polar surface area (TPSA) is 57.1 Å². The standard InChI is InChI=1S/C15H17NO4S/c1-18-11-21-10-16-13(14(21)8-15(17)19-2)9-20-12-6-4-3-5-7-12/h3-7,10-11H,8-9H2,1-2H3. The molecular formula is C15H17NO4S. The highest BCUT2D eigenvalue weighted by Gasteiger charge is 2.19. The van der Waals surface area contributed by atoms with Gasteiger partial charge in [0.25, 0.3) is 0 Å². The number of aliphatic imine (C=N–C) groups is 1. The minimum absolute atomic E-state index is 0.187. The number of rotatable bonds is 6. The first-order valence-corrected chi connectivity index (χ1v) is 7.68. The molecule has 2 rings (SSSR count). The van der Waals surface area contributed by atoms with E-state index in [0.29, 0.717) is 6.61 Å². The SMILES string of the molecule is COC=S1C=NC(COc2ccccc2)=C1CC(=O)OC. The number of benzene rings is 1. The lowest BCUT2D eigenvalue weighted by molar-refractivity contribution is -0.139. The summed E-state index contributed by atoms with van der Waals surface area (Å²) in [6.45, 7) is 0.313. The molecule has 0 N–H and O–H groups in total. The molecule has 1 aromatic carbocycles. The highest BCUT2D eigenvalue weighted by molar-refractivity contribution is 8.29. The van der Waals surface area contributed by atoms with E-state index in [1.165, 1.54) is 7.11 Å². The second-order valence-corrected chi connectivity index (χ2v) is 5.80. The first-order valence-electron chi connectivity index (χ1n) is 6.33. The third kappa shape index (κ3) is 4.27. The number of methoxy groups -OCH3 is 2. The maximum Gasteiger partial charge on any atom is 0.310 e. The van der Waals surface area contributed by atoms with E-state index >= 15 is 0 Å². The van der Waals surface area contributed by atoms with Gasteiger partial charge >= 0.3 is 5.97 Å². The van der Waals surface area contributed by atoms with Gasteiger partial charge in [0.05, 0.1) is 30.3 Å². The Labute approximate surface area is 126 Å². The first-order chi connectivity index (χ1) is 10.2. The summed E-state index contributed by atoms with van der Waals surface area (Å²) in [5.74, 6) is 0.467. The zero-order valence-electron chi connectivity index (χ0n) is 11.9. The van der Waals surface area contributed by atoms with Gasteiger partial charge < -0.3 is 14.2 Å². The highest BCUT2D eigenvalue weighted by atomic mass is 32.2. The van der Waals surface area contributed by atoms with E-state index in [2.05, 4.69) is 4.99 Å². The van der Waals surface area contributed by atoms with E-state index in [1.807, 2.05) is 30.3 Å². The fourth-order valence-corrected chi connectivity index (χ4v) is 3.16. The molecule has 1 unspecified atom stereocenters. The predicted octanol–water partition coefficient (Wildman–Crippen LogP) is 2.56. The molecule has 0 bridgehead atoms. The lowest BCUT2D eigenvalue weighted by Crippen LogP contribution is -2.05. The van der Waals surface area contributed by atoms with Crippen LogP contribution in [0.15, 0.2) is 45.9 Å². The van der Waals surface area contributed by atoms with Crippen LogP contribution in [0.4, 0.5) is 0 Å². The van der Waals surface area contributed by atoms with Crippen molar-refractivity contribution in [3.05, 3.63) is 40.9 Å². The largest absolute Gasteiger partial charge is 0.487 e. The molecule has 1 atom stereocenters. The molecule has 112 valence electrons. The maximum atomic E-state index is 11.5. The molecule has 1 aliphatic heterocycles. The van der Waals surface area contributed by atoms with Gasteiger partial charge in [-0.2, -0.15) is 0 Å². The number of para-hydroxylation sites is 1. The molecular weight excluding hydrogens is 290 g/mol. The molecule has 0 aliphatic carbocycles. The van der Waals surface area contributed by atoms with Crippen LogP contribution >= 0.6 is 10.5 Å². The summed E-state index contributed by atoms with van der Waals surface area (Å²) in [4.78, 5) is 16.8. The third-order valence-electron chi connectivity index (χ3n) is 2.78. The van der Waals surface area contributed by atoms with Crippen LogP contribution in [0.3, 0.4) is 0 Å². The van der Waals surface area contributed by atoms with E-state index in [4.69, 9.17) is 14.2 Å². The molecule has 0 radical (unpaired) electrons. The van der Waals surface area contributed by atoms with Crippen LogP contribution in [-0.4, -0.2) is 37.9 Å². The van der Waals surface area contributed by atoms with Gasteiger partial charge in [-0.05, 0) is 12.1 Å². The highest BCUT2D eigenvalue weighted by Crippen LogP contribution is 2.34. The van der Waals surface area contributed by atoms with Crippen LogP contribution in [0, 0.1) is 0 Å². The van der Waals surface area contributed by atoms with Crippen molar-refractivity contribution in [1.29, 1.82) is 0 Å². The van der Waals surface area contributed by atoms with Gasteiger partial charge in [-0.1, -0.05) is 28.7 Å². The van der Waals surface area contributed by atoms with Crippen molar-refractivity contribution < 1.29 is 19.0 Å². The Bertz CT molecular complexity index is 593. The number of hydrogen-bond donors (Lipinski definition) is 0. The van der Waals surface area contributed by atoms with Crippen LogP contribution < -0.4 is 4.74 Å². The van der Waals surface area contributed by atoms with Crippen LogP contribution in [0.1, 0.15) is 6.42 Å². The van der Waals surface area contributed by atoms with Gasteiger partial charge in [0, 0.05) is 12.0 Å². The Hall–Kier alpha value is -1.92. The second-order valence-electron chi connectivity index (χ2n) is 4.16. The smallest absolute Gasteiger partial charge is 0.310 e. The monoisotopic (exact) mass is 307 g/mol. The van der Waals surface area contributed by atoms with Crippen molar-refractivity contribution in [2.45, 2.75) is 6.42 Å². The van der Waals surface area contributed by atoms with Crippen LogP contribution in [0.5, 0.6) is 5.75 Å². The molecule has 0 aromatic heterocycles. The van der Waals surface area contributed by atoms with Crippen molar-refractivity contribution in [1.82, 2.24) is 0 Å². The summed E-state index contributed by atoms with van der Waals surface area (Å²) >= 11 is 0. The van der Waals surface area contributed by atoms with Crippen molar-refractivity contribution in [3.8, 4) is 5.75 Å². The molecule has 1 aromatic rings. The predicted molar refractivity (Wildman–Crippen MR) is 84.8 cm³/mol. The van der Waals surface area contributed by atoms with Gasteiger partial charge in [0.15, 0.2) is 0 Å². The molecule has 0 saturated heterocycles. The van der Waals surface area contributed by atoms with Gasteiger partial charge in [-0.15, -0.1) is 0 Å². The molecule has 6 heteroatoms. The number of ether oxygens (including phenoxy) is 3. The van der Waals surface area contributed by atoms with E-state index in [9.17, 15) is 4.79 Å². The Kier molecular flexibility index (Phi) is 5.71. The third-order valence-corrected chi connectivity index (χ3v) is 4.46. The molecule has 0 fully saturated rings. The van der Waals surface area contributed by atoms with Crippen molar-refractivity contribution >= 4 is 27.6 Å². The number of carbonyl (C=O) groups excluding carboxylic acids is 1. The molecule has 0 amide bonds. The van der Waals surface area contributed by atoms with E-state index < -0.39 is 10.5 Å². The molecule has 21 heavy (non-hydrogen) atoms. The summed E-state index contributed by atoms with van der Waals surface area (Å²) in [6, 6.07) is 9.48. The second kappa shape index (κ2) is 7.75. The summed E-state index contributed by atoms with van der Waals surface area (Å²) in [5, 5.41) is 0. The number of hydrogen-bond acceptors (Lipinski definition) is 5. The van der Waals surface area contributed by atoms with Crippen LogP contribution in [-0.2, 0) is 14.3 Å². The van der Waals surface area contributed by atoms with Crippen molar-refractivity contribution in [2.75, 3.05) is 20.8 Å². The van der Waals surface area contributed by atoms with Gasteiger partial charge in [-0.25, -0.2) is 0 Å². The zero-order valence-corrected chi connectivity index (χ0v) is 12.8. The summed E-state index contributed by atoms with van der Waals surface area (Å²) in [6.07, 6.45) is 0.187. The quantitative estimate of drug-likeness (QED) is 0.598. The molecule has 0 saturated carbocycles. The Morgan fingerprint density at radius 2 is 2.05 bits per heavy atom. The Morgan fingerprint density at radius 1 is 1.29 bits per heavy atom. The molecule has 0 spiro atoms. The maximum absolute atomic E-state index is 11.5. The first kappa shape index (κ1) is 15.5. The summed E-state index contributed by atoms with van der Waals surface area (Å²) in [5.41, 5.74) is 4.18. The zero-order chi connectivity index (χ0) is 15.1. The molecule has 1 heterocycles. The minimum Gasteiger partial charge on any atom is -0.487 e. The number of carbonyl (C=O) groups is 1. The normalized spacial score (nSPS) is 17.3. The Balaban J connectivity index is 2.14. The van der Waals surface area contributed by atoms with E-state index in [-0.39, 0.29) is 12.4 Å². The molecule has 1 aliphatic rings. The van der Waals surface area contributed by atoms with E-state index in [1.54, 1.807) is 18.2 Å². The van der Waals surface area contributed by atoms with Gasteiger partial charge in [0.2, 0.25) is 0 Å². The minimum atomic E-state index is -0.415. The van der Waals surface area contributed by atoms with Crippen molar-refractivity contribution in [2.24, 2.45) is 4.99 Å². The average Bonchev–Trinajstić information content (AvgIpc) is 2.88. The lowest BCUT2D eigenvalue weighted by Gasteiger charge is -2.09. The van der Waals surface area contributed by atoms with E-state index in [0.717, 1.165) is 16.4 Å². The average molecular weight is 307 g/mol. The number of esters is 1. The lowest BCUT2D eigenvalue weighted by atomic mass is 10.3. The Morgan fingerprint density at radius 3 is 2.71 bits per heavy atom. The van der Waals surface area contributed by atoms with Gasteiger partial charge in [0.1, 0.15) is 12.4 Å². The summed E-state index contributed by atoms with van der Waals surface area (Å²) in [7, 11) is 2.54. The van der Waals surface area contributed by atoms with Crippen molar-refractivity contribution in [3.63, 3.8) is 0 Å². The fraction of sp³-hybridized carbons (Fsp3) is 0.267. The van der Waals surface area contributed by atoms with Gasteiger partial charge in [-0.3, -0.25) is 9.79 Å². The molecule has 5 nitrogen and oxygen atoms in total. The number of nitrogens with zero attached hydrogens (tertiary/aromatic N) is 1. The summed E-state index contributed by atoms with van der Waals surface area (Å²) < 4.78 is 15.5.